The zero-order chi connectivity index (χ0) is 15.4. The molecule has 22 heavy (non-hydrogen) atoms. The molecule has 0 saturated carbocycles. The van der Waals surface area contributed by atoms with Gasteiger partial charge >= 0.3 is 0 Å². The lowest BCUT2D eigenvalue weighted by molar-refractivity contribution is 0.162. The van der Waals surface area contributed by atoms with Crippen molar-refractivity contribution in [1.29, 1.82) is 0 Å². The second kappa shape index (κ2) is 7.17. The minimum absolute atomic E-state index is 0.230. The van der Waals surface area contributed by atoms with Gasteiger partial charge in [-0.2, -0.15) is 9.36 Å². The number of nitrogens with zero attached hydrogens (tertiary/aromatic N) is 4. The van der Waals surface area contributed by atoms with Crippen molar-refractivity contribution in [3.05, 3.63) is 30.3 Å². The summed E-state index contributed by atoms with van der Waals surface area (Å²) >= 11 is 1.48. The SMILES string of the molecule is CN(CCO)C1CCN(c2nc(-c3ccccc3)ns2)CC1. The van der Waals surface area contributed by atoms with Gasteiger partial charge in [0.25, 0.3) is 0 Å². The lowest BCUT2D eigenvalue weighted by atomic mass is 10.0. The van der Waals surface area contributed by atoms with Crippen LogP contribution in [0.25, 0.3) is 11.4 Å². The number of hydrogen-bond donors (Lipinski definition) is 1. The third-order valence-corrected chi connectivity index (χ3v) is 5.04. The first-order valence-electron chi connectivity index (χ1n) is 7.73. The van der Waals surface area contributed by atoms with Crippen LogP contribution in [0.3, 0.4) is 0 Å². The molecule has 5 nitrogen and oxygen atoms in total. The Kier molecular flexibility index (Phi) is 5.02. The molecule has 3 rings (SSSR count). The minimum Gasteiger partial charge on any atom is -0.395 e. The molecule has 1 saturated heterocycles. The third-order valence-electron chi connectivity index (χ3n) is 4.26. The molecule has 6 heteroatoms. The largest absolute Gasteiger partial charge is 0.395 e. The summed E-state index contributed by atoms with van der Waals surface area (Å²) in [4.78, 5) is 9.27. The highest BCUT2D eigenvalue weighted by Crippen LogP contribution is 2.27. The van der Waals surface area contributed by atoms with Gasteiger partial charge in [0.05, 0.1) is 6.61 Å². The number of likely N-dealkylation sites (N-methyl/N-ethyl adjacent to an activating group) is 1. The monoisotopic (exact) mass is 318 g/mol. The van der Waals surface area contributed by atoms with Crippen LogP contribution in [0.4, 0.5) is 5.13 Å². The van der Waals surface area contributed by atoms with Gasteiger partial charge in [0, 0.05) is 42.8 Å². The van der Waals surface area contributed by atoms with Gasteiger partial charge in [-0.3, -0.25) is 0 Å². The van der Waals surface area contributed by atoms with Crippen molar-refractivity contribution in [2.24, 2.45) is 0 Å². The highest BCUT2D eigenvalue weighted by molar-refractivity contribution is 7.09. The Morgan fingerprint density at radius 1 is 1.27 bits per heavy atom. The second-order valence-corrected chi connectivity index (χ2v) is 6.42. The van der Waals surface area contributed by atoms with Crippen molar-refractivity contribution < 1.29 is 5.11 Å². The average Bonchev–Trinajstić information content (AvgIpc) is 3.06. The van der Waals surface area contributed by atoms with E-state index in [1.165, 1.54) is 11.5 Å². The molecule has 1 N–H and O–H groups in total. The van der Waals surface area contributed by atoms with Gasteiger partial charge in [0.1, 0.15) is 0 Å². The van der Waals surface area contributed by atoms with Crippen LogP contribution < -0.4 is 4.90 Å². The summed E-state index contributed by atoms with van der Waals surface area (Å²) in [7, 11) is 2.09. The van der Waals surface area contributed by atoms with E-state index in [1.54, 1.807) is 0 Å². The Labute approximate surface area is 135 Å². The molecule has 0 unspecified atom stereocenters. The summed E-state index contributed by atoms with van der Waals surface area (Å²) < 4.78 is 4.49. The van der Waals surface area contributed by atoms with Gasteiger partial charge in [-0.05, 0) is 19.9 Å². The smallest absolute Gasteiger partial charge is 0.205 e. The maximum Gasteiger partial charge on any atom is 0.205 e. The van der Waals surface area contributed by atoms with Crippen molar-refractivity contribution in [2.45, 2.75) is 18.9 Å². The third kappa shape index (κ3) is 3.45. The molecule has 0 radical (unpaired) electrons. The van der Waals surface area contributed by atoms with Gasteiger partial charge in [0.2, 0.25) is 5.13 Å². The molecular formula is C16H22N4OS. The molecule has 2 aromatic rings. The average molecular weight is 318 g/mol. The fourth-order valence-electron chi connectivity index (χ4n) is 2.89. The number of hydrogen-bond acceptors (Lipinski definition) is 6. The van der Waals surface area contributed by atoms with E-state index in [2.05, 4.69) is 21.2 Å². The van der Waals surface area contributed by atoms with Gasteiger partial charge in [-0.1, -0.05) is 30.3 Å². The van der Waals surface area contributed by atoms with E-state index in [-0.39, 0.29) is 6.61 Å². The summed E-state index contributed by atoms with van der Waals surface area (Å²) in [5.41, 5.74) is 1.07. The summed E-state index contributed by atoms with van der Waals surface area (Å²) in [6, 6.07) is 10.7. The molecule has 118 valence electrons. The lowest BCUT2D eigenvalue weighted by Gasteiger charge is -2.36. The number of benzene rings is 1. The van der Waals surface area contributed by atoms with Crippen LogP contribution in [-0.2, 0) is 0 Å². The van der Waals surface area contributed by atoms with Crippen LogP contribution in [0.1, 0.15) is 12.8 Å². The summed E-state index contributed by atoms with van der Waals surface area (Å²) in [5, 5.41) is 10.1. The van der Waals surface area contributed by atoms with Crippen molar-refractivity contribution in [1.82, 2.24) is 14.3 Å². The van der Waals surface area contributed by atoms with Crippen LogP contribution in [0.5, 0.6) is 0 Å². The zero-order valence-corrected chi connectivity index (χ0v) is 13.7. The first-order chi connectivity index (χ1) is 10.8. The van der Waals surface area contributed by atoms with Crippen LogP contribution in [0, 0.1) is 0 Å². The molecule has 1 aliphatic heterocycles. The van der Waals surface area contributed by atoms with Gasteiger partial charge in [-0.15, -0.1) is 0 Å². The quantitative estimate of drug-likeness (QED) is 0.915. The maximum atomic E-state index is 9.04. The van der Waals surface area contributed by atoms with Gasteiger partial charge < -0.3 is 14.9 Å². The van der Waals surface area contributed by atoms with Crippen LogP contribution in [0.2, 0.25) is 0 Å². The fourth-order valence-corrected chi connectivity index (χ4v) is 3.63. The van der Waals surface area contributed by atoms with E-state index in [1.807, 2.05) is 30.3 Å². The van der Waals surface area contributed by atoms with Gasteiger partial charge in [-0.25, -0.2) is 0 Å². The fraction of sp³-hybridized carbons (Fsp3) is 0.500. The number of rotatable bonds is 5. The molecule has 0 spiro atoms. The highest BCUT2D eigenvalue weighted by atomic mass is 32.1. The van der Waals surface area contributed by atoms with E-state index in [9.17, 15) is 0 Å². The Hall–Kier alpha value is -1.50. The molecular weight excluding hydrogens is 296 g/mol. The van der Waals surface area contributed by atoms with E-state index in [0.29, 0.717) is 6.04 Å². The second-order valence-electron chi connectivity index (χ2n) is 5.69. The van der Waals surface area contributed by atoms with E-state index >= 15 is 0 Å². The molecule has 2 heterocycles. The van der Waals surface area contributed by atoms with Crippen molar-refractivity contribution in [2.75, 3.05) is 38.2 Å². The number of aliphatic hydroxyl groups is 1. The van der Waals surface area contributed by atoms with Crippen molar-refractivity contribution in [3.63, 3.8) is 0 Å². The summed E-state index contributed by atoms with van der Waals surface area (Å²) in [6.07, 6.45) is 2.22. The highest BCUT2D eigenvalue weighted by Gasteiger charge is 2.24. The molecule has 0 aliphatic carbocycles. The van der Waals surface area contributed by atoms with Crippen LogP contribution in [-0.4, -0.2) is 58.7 Å². The van der Waals surface area contributed by atoms with E-state index in [0.717, 1.165) is 49.0 Å². The Balaban J connectivity index is 1.61. The Bertz CT molecular complexity index is 581. The van der Waals surface area contributed by atoms with Crippen LogP contribution >= 0.6 is 11.5 Å². The van der Waals surface area contributed by atoms with Crippen molar-refractivity contribution >= 4 is 16.7 Å². The van der Waals surface area contributed by atoms with Crippen LogP contribution in [0.15, 0.2) is 30.3 Å². The molecule has 1 aromatic heterocycles. The minimum atomic E-state index is 0.230. The molecule has 0 amide bonds. The molecule has 0 atom stereocenters. The zero-order valence-electron chi connectivity index (χ0n) is 12.9. The first kappa shape index (κ1) is 15.4. The normalized spacial score (nSPS) is 16.4. The topological polar surface area (TPSA) is 52.5 Å². The predicted molar refractivity (Wildman–Crippen MR) is 90.3 cm³/mol. The standard InChI is InChI=1S/C16H22N4OS/c1-19(11-12-21)14-7-9-20(10-8-14)16-17-15(18-22-16)13-5-3-2-4-6-13/h2-6,14,21H,7-12H2,1H3. The van der Waals surface area contributed by atoms with E-state index < -0.39 is 0 Å². The number of aromatic nitrogens is 2. The number of piperidine rings is 1. The van der Waals surface area contributed by atoms with Gasteiger partial charge in [0.15, 0.2) is 5.82 Å². The molecule has 1 aromatic carbocycles. The van der Waals surface area contributed by atoms with E-state index in [4.69, 9.17) is 10.1 Å². The Morgan fingerprint density at radius 2 is 2.00 bits per heavy atom. The summed E-state index contributed by atoms with van der Waals surface area (Å²) in [5.74, 6) is 0.820. The molecule has 1 aliphatic rings. The number of aliphatic hydroxyl groups excluding tert-OH is 1. The molecule has 1 fully saturated rings. The van der Waals surface area contributed by atoms with Crippen molar-refractivity contribution in [3.8, 4) is 11.4 Å². The predicted octanol–water partition coefficient (Wildman–Crippen LogP) is 2.10. The number of anilines is 1. The summed E-state index contributed by atoms with van der Waals surface area (Å²) in [6.45, 7) is 2.99. The lowest BCUT2D eigenvalue weighted by Crippen LogP contribution is -2.44. The Morgan fingerprint density at radius 3 is 2.68 bits per heavy atom. The maximum absolute atomic E-state index is 9.04. The molecule has 0 bridgehead atoms. The first-order valence-corrected chi connectivity index (χ1v) is 8.50.